The highest BCUT2D eigenvalue weighted by Gasteiger charge is 2.30. The zero-order valence-corrected chi connectivity index (χ0v) is 14.7. The van der Waals surface area contributed by atoms with Gasteiger partial charge in [0.2, 0.25) is 10.0 Å². The van der Waals surface area contributed by atoms with E-state index in [-0.39, 0.29) is 16.9 Å². The van der Waals surface area contributed by atoms with Crippen LogP contribution in [0.1, 0.15) is 36.0 Å². The van der Waals surface area contributed by atoms with Gasteiger partial charge >= 0.3 is 0 Å². The average molecular weight is 352 g/mol. The monoisotopic (exact) mass is 352 g/mol. The van der Waals surface area contributed by atoms with Gasteiger partial charge < -0.3 is 10.1 Å². The molecule has 1 aliphatic heterocycles. The minimum Gasteiger partial charge on any atom is -0.380 e. The van der Waals surface area contributed by atoms with Gasteiger partial charge in [-0.15, -0.1) is 0 Å². The van der Waals surface area contributed by atoms with Crippen molar-refractivity contribution in [1.82, 2.24) is 9.62 Å². The molecule has 1 aliphatic carbocycles. The van der Waals surface area contributed by atoms with E-state index in [1.54, 1.807) is 25.3 Å². The second-order valence-corrected chi connectivity index (χ2v) is 8.48. The molecule has 1 aromatic carbocycles. The van der Waals surface area contributed by atoms with Crippen LogP contribution in [0.15, 0.2) is 29.2 Å². The molecule has 1 atom stereocenters. The smallest absolute Gasteiger partial charge is 0.251 e. The summed E-state index contributed by atoms with van der Waals surface area (Å²) in [5, 5.41) is 2.87. The first kappa shape index (κ1) is 17.4. The number of carbonyl (C=O) groups is 1. The molecule has 24 heavy (non-hydrogen) atoms. The number of rotatable bonds is 6. The Balaban J connectivity index is 1.75. The van der Waals surface area contributed by atoms with E-state index in [1.807, 2.05) is 0 Å². The lowest BCUT2D eigenvalue weighted by molar-refractivity contribution is 0.0572. The van der Waals surface area contributed by atoms with E-state index in [9.17, 15) is 13.2 Å². The summed E-state index contributed by atoms with van der Waals surface area (Å²) < 4.78 is 32.4. The van der Waals surface area contributed by atoms with Crippen molar-refractivity contribution < 1.29 is 17.9 Å². The summed E-state index contributed by atoms with van der Waals surface area (Å²) in [4.78, 5) is 12.4. The molecular weight excluding hydrogens is 328 g/mol. The zero-order chi connectivity index (χ0) is 17.2. The van der Waals surface area contributed by atoms with E-state index in [1.165, 1.54) is 10.4 Å². The van der Waals surface area contributed by atoms with Crippen molar-refractivity contribution >= 4 is 15.9 Å². The molecule has 1 amide bonds. The summed E-state index contributed by atoms with van der Waals surface area (Å²) in [7, 11) is -2.00. The molecule has 7 heteroatoms. The third-order valence-electron chi connectivity index (χ3n) is 4.66. The van der Waals surface area contributed by atoms with Gasteiger partial charge in [0.15, 0.2) is 0 Å². The number of hydrogen-bond donors (Lipinski definition) is 1. The summed E-state index contributed by atoms with van der Waals surface area (Å²) in [6.07, 6.45) is 3.89. The highest BCUT2D eigenvalue weighted by Crippen LogP contribution is 2.27. The number of benzene rings is 1. The normalized spacial score (nSPS) is 22.3. The molecule has 3 rings (SSSR count). The van der Waals surface area contributed by atoms with Gasteiger partial charge in [-0.05, 0) is 49.8 Å². The Hall–Kier alpha value is -1.44. The minimum atomic E-state index is -3.61. The lowest BCUT2D eigenvalue weighted by Crippen LogP contribution is -2.42. The van der Waals surface area contributed by atoms with E-state index in [0.717, 1.165) is 25.7 Å². The van der Waals surface area contributed by atoms with Gasteiger partial charge in [0.25, 0.3) is 5.91 Å². The molecule has 0 bridgehead atoms. The summed E-state index contributed by atoms with van der Waals surface area (Å²) in [6, 6.07) is 6.28. The summed E-state index contributed by atoms with van der Waals surface area (Å²) in [5.74, 6) is 0.368. The topological polar surface area (TPSA) is 75.7 Å². The molecule has 0 aromatic heterocycles. The van der Waals surface area contributed by atoms with Crippen molar-refractivity contribution in [2.45, 2.75) is 36.7 Å². The predicted octanol–water partition coefficient (Wildman–Crippen LogP) is 1.63. The molecule has 0 radical (unpaired) electrons. The van der Waals surface area contributed by atoms with Crippen LogP contribution >= 0.6 is 0 Å². The minimum absolute atomic E-state index is 0.0708. The van der Waals surface area contributed by atoms with E-state index >= 15 is 0 Å². The molecular formula is C17H24N2O4S. The van der Waals surface area contributed by atoms with Crippen molar-refractivity contribution in [2.24, 2.45) is 5.92 Å². The van der Waals surface area contributed by atoms with Gasteiger partial charge in [-0.2, -0.15) is 4.31 Å². The maximum atomic E-state index is 12.8. The molecule has 2 aliphatic rings. The number of nitrogens with one attached hydrogen (secondary N) is 1. The molecule has 1 saturated carbocycles. The van der Waals surface area contributed by atoms with Crippen molar-refractivity contribution in [1.29, 1.82) is 0 Å². The maximum Gasteiger partial charge on any atom is 0.251 e. The number of ether oxygens (including phenoxy) is 1. The van der Waals surface area contributed by atoms with Crippen LogP contribution in [-0.4, -0.2) is 51.5 Å². The number of amides is 1. The molecule has 132 valence electrons. The number of carbonyl (C=O) groups excluding carboxylic acids is 1. The second kappa shape index (κ2) is 7.21. The largest absolute Gasteiger partial charge is 0.380 e. The molecule has 6 nitrogen and oxygen atoms in total. The average Bonchev–Trinajstić information content (AvgIpc) is 3.44. The van der Waals surface area contributed by atoms with Crippen LogP contribution in [-0.2, 0) is 14.8 Å². The molecule has 1 heterocycles. The Kier molecular flexibility index (Phi) is 5.22. The highest BCUT2D eigenvalue weighted by molar-refractivity contribution is 7.89. The van der Waals surface area contributed by atoms with Crippen LogP contribution in [0.25, 0.3) is 0 Å². The number of methoxy groups -OCH3 is 1. The Morgan fingerprint density at radius 3 is 2.83 bits per heavy atom. The lowest BCUT2D eigenvalue weighted by Gasteiger charge is -2.31. The van der Waals surface area contributed by atoms with E-state index in [4.69, 9.17) is 4.74 Å². The van der Waals surface area contributed by atoms with Gasteiger partial charge in [-0.1, -0.05) is 6.07 Å². The van der Waals surface area contributed by atoms with Gasteiger partial charge in [0.05, 0.1) is 11.0 Å². The third kappa shape index (κ3) is 3.96. The zero-order valence-electron chi connectivity index (χ0n) is 13.9. The SMILES string of the molecule is COC1CCCN(S(=O)(=O)c2cccc(C(=O)NCC3CC3)c2)C1. The molecule has 0 spiro atoms. The third-order valence-corrected chi connectivity index (χ3v) is 6.52. The summed E-state index contributed by atoms with van der Waals surface area (Å²) >= 11 is 0. The first-order valence-electron chi connectivity index (χ1n) is 8.42. The van der Waals surface area contributed by atoms with Gasteiger partial charge in [0.1, 0.15) is 0 Å². The van der Waals surface area contributed by atoms with E-state index < -0.39 is 10.0 Å². The van der Waals surface area contributed by atoms with Crippen molar-refractivity contribution in [3.63, 3.8) is 0 Å². The molecule has 2 fully saturated rings. The molecule has 1 unspecified atom stereocenters. The summed E-state index contributed by atoms with van der Waals surface area (Å²) in [5.41, 5.74) is 0.386. The number of hydrogen-bond acceptors (Lipinski definition) is 4. The molecule has 1 saturated heterocycles. The number of sulfonamides is 1. The van der Waals surface area contributed by atoms with Crippen LogP contribution in [0.3, 0.4) is 0 Å². The van der Waals surface area contributed by atoms with Crippen LogP contribution in [0.5, 0.6) is 0 Å². The van der Waals surface area contributed by atoms with Crippen LogP contribution < -0.4 is 5.32 Å². The summed E-state index contributed by atoms with van der Waals surface area (Å²) in [6.45, 7) is 1.51. The van der Waals surface area contributed by atoms with Gasteiger partial charge in [-0.25, -0.2) is 8.42 Å². The Morgan fingerprint density at radius 1 is 1.33 bits per heavy atom. The number of nitrogens with zero attached hydrogens (tertiary/aromatic N) is 1. The van der Waals surface area contributed by atoms with Crippen molar-refractivity contribution in [3.8, 4) is 0 Å². The molecule has 1 N–H and O–H groups in total. The van der Waals surface area contributed by atoms with Crippen LogP contribution in [0, 0.1) is 5.92 Å². The molecule has 1 aromatic rings. The van der Waals surface area contributed by atoms with Crippen LogP contribution in [0.4, 0.5) is 0 Å². The van der Waals surface area contributed by atoms with E-state index in [2.05, 4.69) is 5.32 Å². The Labute approximate surface area is 143 Å². The Bertz CT molecular complexity index is 700. The fourth-order valence-corrected chi connectivity index (χ4v) is 4.48. The van der Waals surface area contributed by atoms with Crippen LogP contribution in [0.2, 0.25) is 0 Å². The van der Waals surface area contributed by atoms with Crippen molar-refractivity contribution in [2.75, 3.05) is 26.7 Å². The van der Waals surface area contributed by atoms with Gasteiger partial charge in [-0.3, -0.25) is 4.79 Å². The fraction of sp³-hybridized carbons (Fsp3) is 0.588. The Morgan fingerprint density at radius 2 is 2.12 bits per heavy atom. The standard InChI is InChI=1S/C17H24N2O4S/c1-23-15-5-3-9-19(12-15)24(21,22)16-6-2-4-14(10-16)17(20)18-11-13-7-8-13/h2,4,6,10,13,15H,3,5,7-9,11-12H2,1H3,(H,18,20). The maximum absolute atomic E-state index is 12.8. The first-order valence-corrected chi connectivity index (χ1v) is 9.86. The second-order valence-electron chi connectivity index (χ2n) is 6.54. The van der Waals surface area contributed by atoms with Gasteiger partial charge in [0, 0.05) is 32.3 Å². The lowest BCUT2D eigenvalue weighted by atomic mass is 10.1. The number of piperidine rings is 1. The highest BCUT2D eigenvalue weighted by atomic mass is 32.2. The fourth-order valence-electron chi connectivity index (χ4n) is 2.92. The van der Waals surface area contributed by atoms with E-state index in [0.29, 0.717) is 31.1 Å². The quantitative estimate of drug-likeness (QED) is 0.844. The first-order chi connectivity index (χ1) is 11.5. The van der Waals surface area contributed by atoms with Crippen molar-refractivity contribution in [3.05, 3.63) is 29.8 Å². The predicted molar refractivity (Wildman–Crippen MR) is 90.3 cm³/mol.